The molecule has 2 heterocycles. The van der Waals surface area contributed by atoms with Gasteiger partial charge in [-0.1, -0.05) is 12.1 Å². The smallest absolute Gasteiger partial charge is 0.143 e. The fourth-order valence-corrected chi connectivity index (χ4v) is 2.21. The first-order valence-corrected chi connectivity index (χ1v) is 7.12. The van der Waals surface area contributed by atoms with Crippen LogP contribution in [0.15, 0.2) is 55.4 Å². The number of ether oxygens (including phenoxy) is 1. The van der Waals surface area contributed by atoms with Crippen LogP contribution < -0.4 is 10.1 Å². The number of aliphatic hydroxyl groups is 1. The van der Waals surface area contributed by atoms with Gasteiger partial charge in [-0.25, -0.2) is 15.0 Å². The number of anilines is 1. The molecule has 1 aromatic carbocycles. The molecule has 3 rings (SSSR count). The number of methoxy groups -OCH3 is 1. The predicted octanol–water partition coefficient (Wildman–Crippen LogP) is 1.82. The molecule has 0 bridgehead atoms. The molecular weight excluding hydrogens is 294 g/mol. The normalized spacial score (nSPS) is 11.9. The van der Waals surface area contributed by atoms with Crippen molar-refractivity contribution in [2.75, 3.05) is 19.0 Å². The Hall–Kier alpha value is -2.93. The van der Waals surface area contributed by atoms with Gasteiger partial charge >= 0.3 is 0 Å². The summed E-state index contributed by atoms with van der Waals surface area (Å²) in [4.78, 5) is 12.4. The standard InChI is InChI=1S/C16H17N5O2/c1-23-13-4-2-12(3-5-13)14(9-22)20-15-8-16(19-10-18-15)21-7-6-17-11-21/h2-8,10-11,14,22H,9H2,1H3,(H,18,19,20). The molecule has 23 heavy (non-hydrogen) atoms. The number of imidazole rings is 1. The van der Waals surface area contributed by atoms with Gasteiger partial charge in [0.25, 0.3) is 0 Å². The number of rotatable bonds is 6. The van der Waals surface area contributed by atoms with Gasteiger partial charge in [0.05, 0.1) is 19.8 Å². The number of aliphatic hydroxyl groups excluding tert-OH is 1. The summed E-state index contributed by atoms with van der Waals surface area (Å²) in [7, 11) is 1.62. The van der Waals surface area contributed by atoms with E-state index >= 15 is 0 Å². The molecule has 2 aromatic heterocycles. The summed E-state index contributed by atoms with van der Waals surface area (Å²) in [5, 5.41) is 12.9. The molecule has 0 aliphatic rings. The molecule has 1 atom stereocenters. The van der Waals surface area contributed by atoms with Crippen LogP contribution in [0.5, 0.6) is 5.75 Å². The molecule has 7 heteroatoms. The molecule has 0 aliphatic carbocycles. The second-order valence-electron chi connectivity index (χ2n) is 4.88. The van der Waals surface area contributed by atoms with Crippen molar-refractivity contribution in [1.29, 1.82) is 0 Å². The average molecular weight is 311 g/mol. The third-order valence-corrected chi connectivity index (χ3v) is 3.44. The van der Waals surface area contributed by atoms with Crippen LogP contribution in [0.3, 0.4) is 0 Å². The van der Waals surface area contributed by atoms with Crippen LogP contribution >= 0.6 is 0 Å². The lowest BCUT2D eigenvalue weighted by Crippen LogP contribution is -2.16. The van der Waals surface area contributed by atoms with Crippen molar-refractivity contribution >= 4 is 5.82 Å². The van der Waals surface area contributed by atoms with E-state index < -0.39 is 0 Å². The second kappa shape index (κ2) is 6.89. The lowest BCUT2D eigenvalue weighted by Gasteiger charge is -2.18. The van der Waals surface area contributed by atoms with Crippen molar-refractivity contribution in [2.24, 2.45) is 0 Å². The summed E-state index contributed by atoms with van der Waals surface area (Å²) < 4.78 is 6.93. The van der Waals surface area contributed by atoms with Gasteiger partial charge in [-0.2, -0.15) is 0 Å². The van der Waals surface area contributed by atoms with Crippen LogP contribution in [-0.4, -0.2) is 38.3 Å². The highest BCUT2D eigenvalue weighted by Gasteiger charge is 2.12. The first kappa shape index (κ1) is 15.0. The highest BCUT2D eigenvalue weighted by molar-refractivity contribution is 5.43. The van der Waals surface area contributed by atoms with Crippen molar-refractivity contribution in [1.82, 2.24) is 19.5 Å². The van der Waals surface area contributed by atoms with Crippen LogP contribution in [0.4, 0.5) is 5.82 Å². The van der Waals surface area contributed by atoms with Gasteiger partial charge in [0.15, 0.2) is 0 Å². The van der Waals surface area contributed by atoms with Crippen LogP contribution in [0, 0.1) is 0 Å². The molecule has 3 aromatic rings. The van der Waals surface area contributed by atoms with Crippen molar-refractivity contribution in [3.05, 3.63) is 60.9 Å². The third-order valence-electron chi connectivity index (χ3n) is 3.44. The minimum atomic E-state index is -0.272. The van der Waals surface area contributed by atoms with E-state index in [0.717, 1.165) is 11.3 Å². The number of nitrogens with zero attached hydrogens (tertiary/aromatic N) is 4. The second-order valence-corrected chi connectivity index (χ2v) is 4.88. The first-order chi connectivity index (χ1) is 11.3. The van der Waals surface area contributed by atoms with Crippen molar-refractivity contribution in [2.45, 2.75) is 6.04 Å². The highest BCUT2D eigenvalue weighted by atomic mass is 16.5. The van der Waals surface area contributed by atoms with Gasteiger partial charge in [0.2, 0.25) is 0 Å². The zero-order valence-electron chi connectivity index (χ0n) is 12.6. The Morgan fingerprint density at radius 1 is 1.26 bits per heavy atom. The van der Waals surface area contributed by atoms with E-state index in [-0.39, 0.29) is 12.6 Å². The maximum absolute atomic E-state index is 9.67. The quantitative estimate of drug-likeness (QED) is 0.722. The summed E-state index contributed by atoms with van der Waals surface area (Å²) in [6.07, 6.45) is 6.63. The van der Waals surface area contributed by atoms with Crippen LogP contribution in [0.2, 0.25) is 0 Å². The average Bonchev–Trinajstić information content (AvgIpc) is 3.15. The van der Waals surface area contributed by atoms with Gasteiger partial charge in [-0.05, 0) is 17.7 Å². The van der Waals surface area contributed by atoms with Crippen molar-refractivity contribution in [3.63, 3.8) is 0 Å². The molecule has 0 saturated carbocycles. The van der Waals surface area contributed by atoms with Gasteiger partial charge < -0.3 is 15.2 Å². The summed E-state index contributed by atoms with van der Waals surface area (Å²) in [6, 6.07) is 9.06. The molecule has 0 saturated heterocycles. The number of nitrogens with one attached hydrogen (secondary N) is 1. The van der Waals surface area contributed by atoms with E-state index in [9.17, 15) is 5.11 Å². The fraction of sp³-hybridized carbons (Fsp3) is 0.188. The van der Waals surface area contributed by atoms with Crippen molar-refractivity contribution in [3.8, 4) is 11.6 Å². The van der Waals surface area contributed by atoms with Gasteiger partial charge in [0, 0.05) is 18.5 Å². The largest absolute Gasteiger partial charge is 0.497 e. The molecule has 2 N–H and O–H groups in total. The summed E-state index contributed by atoms with van der Waals surface area (Å²) in [5.41, 5.74) is 0.941. The molecular formula is C16H17N5O2. The maximum atomic E-state index is 9.67. The van der Waals surface area contributed by atoms with E-state index in [2.05, 4.69) is 20.3 Å². The zero-order valence-corrected chi connectivity index (χ0v) is 12.6. The Bertz CT molecular complexity index is 743. The molecule has 0 spiro atoms. The minimum Gasteiger partial charge on any atom is -0.497 e. The molecule has 7 nitrogen and oxygen atoms in total. The molecule has 118 valence electrons. The maximum Gasteiger partial charge on any atom is 0.143 e. The summed E-state index contributed by atoms with van der Waals surface area (Å²) >= 11 is 0. The predicted molar refractivity (Wildman–Crippen MR) is 85.6 cm³/mol. The number of hydrogen-bond donors (Lipinski definition) is 2. The molecule has 1 unspecified atom stereocenters. The van der Waals surface area contributed by atoms with Crippen LogP contribution in [-0.2, 0) is 0 Å². The Kier molecular flexibility index (Phi) is 4.49. The fourth-order valence-electron chi connectivity index (χ4n) is 2.21. The molecule has 0 aliphatic heterocycles. The Morgan fingerprint density at radius 3 is 2.74 bits per heavy atom. The third kappa shape index (κ3) is 3.46. The Morgan fingerprint density at radius 2 is 2.09 bits per heavy atom. The molecule has 0 amide bonds. The van der Waals surface area contributed by atoms with Crippen LogP contribution in [0.1, 0.15) is 11.6 Å². The van der Waals surface area contributed by atoms with E-state index in [0.29, 0.717) is 11.6 Å². The van der Waals surface area contributed by atoms with Crippen molar-refractivity contribution < 1.29 is 9.84 Å². The van der Waals surface area contributed by atoms with E-state index in [1.54, 1.807) is 36.5 Å². The summed E-state index contributed by atoms with van der Waals surface area (Å²) in [6.45, 7) is -0.0588. The molecule has 0 fully saturated rings. The SMILES string of the molecule is COc1ccc(C(CO)Nc2cc(-n3ccnc3)ncn2)cc1. The molecule has 0 radical (unpaired) electrons. The van der Waals surface area contributed by atoms with Gasteiger partial charge in [-0.3, -0.25) is 4.57 Å². The lowest BCUT2D eigenvalue weighted by molar-refractivity contribution is 0.276. The summed E-state index contributed by atoms with van der Waals surface area (Å²) in [5.74, 6) is 2.10. The van der Waals surface area contributed by atoms with E-state index in [1.165, 1.54) is 6.33 Å². The number of hydrogen-bond acceptors (Lipinski definition) is 6. The van der Waals surface area contributed by atoms with Gasteiger partial charge in [0.1, 0.15) is 30.0 Å². The first-order valence-electron chi connectivity index (χ1n) is 7.12. The minimum absolute atomic E-state index is 0.0588. The Balaban J connectivity index is 1.80. The van der Waals surface area contributed by atoms with E-state index in [4.69, 9.17) is 4.74 Å². The Labute approximate surface area is 133 Å². The van der Waals surface area contributed by atoms with Crippen LogP contribution in [0.25, 0.3) is 5.82 Å². The van der Waals surface area contributed by atoms with E-state index in [1.807, 2.05) is 24.3 Å². The number of aromatic nitrogens is 4. The number of benzene rings is 1. The topological polar surface area (TPSA) is 85.1 Å². The lowest BCUT2D eigenvalue weighted by atomic mass is 10.1. The monoisotopic (exact) mass is 311 g/mol. The van der Waals surface area contributed by atoms with Gasteiger partial charge in [-0.15, -0.1) is 0 Å². The highest BCUT2D eigenvalue weighted by Crippen LogP contribution is 2.21. The zero-order chi connectivity index (χ0) is 16.1.